The van der Waals surface area contributed by atoms with Crippen molar-refractivity contribution in [2.24, 2.45) is 0 Å². The van der Waals surface area contributed by atoms with Crippen LogP contribution in [-0.2, 0) is 0 Å². The second kappa shape index (κ2) is 9.89. The lowest BCUT2D eigenvalue weighted by Gasteiger charge is -2.08. The molecule has 1 fully saturated rings. The molecule has 0 unspecified atom stereocenters. The summed E-state index contributed by atoms with van der Waals surface area (Å²) in [6, 6.07) is 4.66. The Morgan fingerprint density at radius 1 is 1.12 bits per heavy atom. The fourth-order valence-electron chi connectivity index (χ4n) is 3.42. The molecule has 1 saturated heterocycles. The molecule has 0 atom stereocenters. The largest absolute Gasteiger partial charge is 0.317 e. The number of rotatable bonds is 3. The highest BCUT2D eigenvalue weighted by Crippen LogP contribution is 2.36. The first kappa shape index (κ1) is 21.9. The van der Waals surface area contributed by atoms with Crippen LogP contribution in [0.25, 0.3) is 16.6 Å². The first-order chi connectivity index (χ1) is 15.6. The molecule has 0 aliphatic carbocycles. The molecule has 0 aromatic carbocycles. The van der Waals surface area contributed by atoms with Gasteiger partial charge in [-0.2, -0.15) is 15.5 Å². The summed E-state index contributed by atoms with van der Waals surface area (Å²) in [5.74, 6) is -1.52. The number of aryl methyl sites for hydroxylation is 1. The summed E-state index contributed by atoms with van der Waals surface area (Å²) in [6.45, 7) is 4.38. The molecule has 5 heterocycles. The fourth-order valence-corrected chi connectivity index (χ4v) is 4.37. The SMILES string of the molecule is C1CCNCC1.Cc1[nH]ncc1-c1cc(Sc2ncc(F)cc2F)c2c(C#N)cnn2c1. The van der Waals surface area contributed by atoms with E-state index in [-0.39, 0.29) is 5.03 Å². The number of nitrogens with one attached hydrogen (secondary N) is 2. The molecule has 7 nitrogen and oxygen atoms in total. The monoisotopic (exact) mass is 453 g/mol. The molecule has 0 saturated carbocycles. The van der Waals surface area contributed by atoms with E-state index in [9.17, 15) is 14.0 Å². The van der Waals surface area contributed by atoms with Crippen molar-refractivity contribution in [1.29, 1.82) is 5.26 Å². The predicted molar refractivity (Wildman–Crippen MR) is 117 cm³/mol. The lowest BCUT2D eigenvalue weighted by molar-refractivity contribution is 0.520. The molecule has 1 aliphatic heterocycles. The third kappa shape index (κ3) is 4.79. The molecule has 0 radical (unpaired) electrons. The molecule has 4 aromatic rings. The van der Waals surface area contributed by atoms with Gasteiger partial charge in [0, 0.05) is 34.0 Å². The second-order valence-electron chi connectivity index (χ2n) is 7.32. The number of hydrogen-bond donors (Lipinski definition) is 2. The number of aromatic nitrogens is 5. The summed E-state index contributed by atoms with van der Waals surface area (Å²) in [6.07, 6.45) is 10.1. The standard InChI is InChI=1S/C17H10F2N6S.C5H11N/c1-9-13(7-22-24-9)10-2-15(16-11(4-20)5-23-25(16)8-10)26-17-14(19)3-12(18)6-21-17;1-2-4-6-5-3-1/h2-3,5-8H,1H3,(H,22,24);6H,1-5H2. The summed E-state index contributed by atoms with van der Waals surface area (Å²) >= 11 is 1.01. The van der Waals surface area contributed by atoms with Gasteiger partial charge in [-0.25, -0.2) is 18.3 Å². The second-order valence-corrected chi connectivity index (χ2v) is 8.35. The van der Waals surface area contributed by atoms with E-state index >= 15 is 0 Å². The lowest BCUT2D eigenvalue weighted by Crippen LogP contribution is -2.21. The van der Waals surface area contributed by atoms with Crippen LogP contribution in [0.1, 0.15) is 30.5 Å². The van der Waals surface area contributed by atoms with Gasteiger partial charge in [0.1, 0.15) is 16.9 Å². The van der Waals surface area contributed by atoms with Crippen molar-refractivity contribution in [3.05, 3.63) is 59.8 Å². The molecule has 0 amide bonds. The third-order valence-corrected chi connectivity index (χ3v) is 6.05. The number of nitriles is 1. The van der Waals surface area contributed by atoms with Crippen LogP contribution in [0, 0.1) is 29.9 Å². The normalized spacial score (nSPS) is 13.4. The molecule has 0 bridgehead atoms. The molecule has 0 spiro atoms. The highest BCUT2D eigenvalue weighted by atomic mass is 32.2. The van der Waals surface area contributed by atoms with Crippen molar-refractivity contribution in [1.82, 2.24) is 30.1 Å². The van der Waals surface area contributed by atoms with Crippen LogP contribution in [0.5, 0.6) is 0 Å². The van der Waals surface area contributed by atoms with Crippen molar-refractivity contribution >= 4 is 17.3 Å². The minimum absolute atomic E-state index is 0.0134. The molecular formula is C22H21F2N7S. The number of aromatic amines is 1. The Morgan fingerprint density at radius 3 is 2.53 bits per heavy atom. The summed E-state index contributed by atoms with van der Waals surface area (Å²) in [5, 5.41) is 23.7. The summed E-state index contributed by atoms with van der Waals surface area (Å²) in [4.78, 5) is 4.39. The summed E-state index contributed by atoms with van der Waals surface area (Å²) < 4.78 is 28.7. The first-order valence-electron chi connectivity index (χ1n) is 10.2. The van der Waals surface area contributed by atoms with E-state index < -0.39 is 11.6 Å². The fraction of sp³-hybridized carbons (Fsp3) is 0.273. The van der Waals surface area contributed by atoms with Crippen LogP contribution < -0.4 is 5.32 Å². The highest BCUT2D eigenvalue weighted by Gasteiger charge is 2.17. The quantitative estimate of drug-likeness (QED) is 0.475. The van der Waals surface area contributed by atoms with E-state index in [4.69, 9.17) is 0 Å². The van der Waals surface area contributed by atoms with Gasteiger partial charge in [-0.3, -0.25) is 5.10 Å². The maximum atomic E-state index is 14.1. The summed E-state index contributed by atoms with van der Waals surface area (Å²) in [5.41, 5.74) is 3.40. The Labute approximate surface area is 187 Å². The topological polar surface area (TPSA) is 94.7 Å². The number of halogens is 2. The van der Waals surface area contributed by atoms with Gasteiger partial charge in [-0.1, -0.05) is 18.2 Å². The zero-order valence-electron chi connectivity index (χ0n) is 17.4. The van der Waals surface area contributed by atoms with Crippen LogP contribution in [0.15, 0.2) is 46.8 Å². The summed E-state index contributed by atoms with van der Waals surface area (Å²) in [7, 11) is 0. The minimum atomic E-state index is -0.768. The first-order valence-corrected chi connectivity index (χ1v) is 11.0. The molecular weight excluding hydrogens is 432 g/mol. The number of hydrogen-bond acceptors (Lipinski definition) is 6. The van der Waals surface area contributed by atoms with Crippen LogP contribution in [0.4, 0.5) is 8.78 Å². The molecule has 2 N–H and O–H groups in total. The number of piperidine rings is 1. The van der Waals surface area contributed by atoms with Gasteiger partial charge >= 0.3 is 0 Å². The molecule has 4 aromatic heterocycles. The van der Waals surface area contributed by atoms with Gasteiger partial charge in [0.05, 0.1) is 29.7 Å². The van der Waals surface area contributed by atoms with Gasteiger partial charge in [0.15, 0.2) is 5.82 Å². The van der Waals surface area contributed by atoms with Gasteiger partial charge in [-0.05, 0) is 38.9 Å². The van der Waals surface area contributed by atoms with E-state index in [1.807, 2.05) is 13.0 Å². The molecule has 5 rings (SSSR count). The Hall–Kier alpha value is -3.29. The lowest BCUT2D eigenvalue weighted by atomic mass is 10.1. The van der Waals surface area contributed by atoms with E-state index in [2.05, 4.69) is 31.7 Å². The maximum absolute atomic E-state index is 14.1. The smallest absolute Gasteiger partial charge is 0.158 e. The third-order valence-electron chi connectivity index (χ3n) is 5.03. The average Bonchev–Trinajstić information content (AvgIpc) is 3.43. The Kier molecular flexibility index (Phi) is 6.78. The highest BCUT2D eigenvalue weighted by molar-refractivity contribution is 7.99. The van der Waals surface area contributed by atoms with Crippen molar-refractivity contribution in [3.63, 3.8) is 0 Å². The number of H-pyrrole nitrogens is 1. The Morgan fingerprint density at radius 2 is 1.94 bits per heavy atom. The molecule has 164 valence electrons. The van der Waals surface area contributed by atoms with Crippen LogP contribution in [0.3, 0.4) is 0 Å². The maximum Gasteiger partial charge on any atom is 0.158 e. The number of fused-ring (bicyclic) bond motifs is 1. The van der Waals surface area contributed by atoms with Gasteiger partial charge in [0.25, 0.3) is 0 Å². The Bertz CT molecular complexity index is 1260. The number of nitrogens with zero attached hydrogens (tertiary/aromatic N) is 5. The van der Waals surface area contributed by atoms with Gasteiger partial charge < -0.3 is 5.32 Å². The van der Waals surface area contributed by atoms with E-state index in [0.29, 0.717) is 16.0 Å². The van der Waals surface area contributed by atoms with E-state index in [1.165, 1.54) is 38.5 Å². The predicted octanol–water partition coefficient (Wildman–Crippen LogP) is 4.49. The van der Waals surface area contributed by atoms with Crippen LogP contribution >= 0.6 is 11.8 Å². The van der Waals surface area contributed by atoms with Crippen LogP contribution in [0.2, 0.25) is 0 Å². The van der Waals surface area contributed by atoms with Gasteiger partial charge in [-0.15, -0.1) is 0 Å². The van der Waals surface area contributed by atoms with E-state index in [0.717, 1.165) is 40.8 Å². The minimum Gasteiger partial charge on any atom is -0.317 e. The zero-order valence-corrected chi connectivity index (χ0v) is 18.2. The van der Waals surface area contributed by atoms with Crippen LogP contribution in [-0.4, -0.2) is 37.9 Å². The number of pyridine rings is 2. The van der Waals surface area contributed by atoms with Gasteiger partial charge in [0.2, 0.25) is 0 Å². The molecule has 10 heteroatoms. The average molecular weight is 454 g/mol. The van der Waals surface area contributed by atoms with Crippen molar-refractivity contribution in [2.75, 3.05) is 13.1 Å². The van der Waals surface area contributed by atoms with Crippen molar-refractivity contribution < 1.29 is 8.78 Å². The Balaban J connectivity index is 0.000000354. The molecule has 32 heavy (non-hydrogen) atoms. The van der Waals surface area contributed by atoms with E-state index in [1.54, 1.807) is 16.9 Å². The van der Waals surface area contributed by atoms with Crippen molar-refractivity contribution in [3.8, 4) is 17.2 Å². The van der Waals surface area contributed by atoms with Crippen molar-refractivity contribution in [2.45, 2.75) is 36.1 Å². The zero-order chi connectivity index (χ0) is 22.5. The molecule has 1 aliphatic rings.